The third-order valence-electron chi connectivity index (χ3n) is 6.14. The number of nitrogens with zero attached hydrogens (tertiary/aromatic N) is 2. The molecule has 0 bridgehead atoms. The Morgan fingerprint density at radius 3 is 2.11 bits per heavy atom. The Hall–Kier alpha value is -3.13. The molecule has 204 valence electrons. The van der Waals surface area contributed by atoms with Gasteiger partial charge in [0, 0.05) is 12.6 Å². The van der Waals surface area contributed by atoms with Crippen LogP contribution in [0, 0.1) is 15.5 Å². The molecule has 0 heterocycles. The van der Waals surface area contributed by atoms with Crippen LogP contribution in [0.2, 0.25) is 0 Å². The normalized spacial score (nSPS) is 11.9. The van der Waals surface area contributed by atoms with E-state index < -0.39 is 10.9 Å². The van der Waals surface area contributed by atoms with Crippen LogP contribution in [0.4, 0.5) is 5.69 Å². The van der Waals surface area contributed by atoms with E-state index in [2.05, 4.69) is 51.7 Å². The first-order chi connectivity index (χ1) is 17.4. The van der Waals surface area contributed by atoms with E-state index in [4.69, 9.17) is 14.2 Å². The van der Waals surface area contributed by atoms with E-state index in [0.29, 0.717) is 12.3 Å². The van der Waals surface area contributed by atoms with Crippen LogP contribution in [-0.2, 0) is 10.2 Å². The largest absolute Gasteiger partial charge is 0.490 e. The quantitative estimate of drug-likeness (QED) is 0.127. The minimum absolute atomic E-state index is 0.0444. The van der Waals surface area contributed by atoms with Crippen LogP contribution < -0.4 is 9.47 Å². The van der Waals surface area contributed by atoms with Gasteiger partial charge < -0.3 is 19.1 Å². The molecular formula is C29H42N2O6. The van der Waals surface area contributed by atoms with Gasteiger partial charge in [0.25, 0.3) is 0 Å². The first kappa shape index (κ1) is 30.1. The van der Waals surface area contributed by atoms with Crippen molar-refractivity contribution in [1.29, 1.82) is 0 Å². The predicted molar refractivity (Wildman–Crippen MR) is 146 cm³/mol. The molecule has 0 radical (unpaired) electrons. The molecule has 0 fully saturated rings. The molecule has 0 N–H and O–H groups in total. The fourth-order valence-corrected chi connectivity index (χ4v) is 4.54. The third-order valence-corrected chi connectivity index (χ3v) is 6.14. The first-order valence-electron chi connectivity index (χ1n) is 12.9. The maximum absolute atomic E-state index is 12.3. The molecule has 0 atom stereocenters. The molecular weight excluding hydrogens is 472 g/mol. The highest BCUT2D eigenvalue weighted by atomic mass is 16.6. The van der Waals surface area contributed by atoms with Crippen molar-refractivity contribution >= 4 is 11.7 Å². The molecule has 8 heteroatoms. The lowest BCUT2D eigenvalue weighted by atomic mass is 9.72. The van der Waals surface area contributed by atoms with Crippen LogP contribution in [0.15, 0.2) is 42.5 Å². The minimum Gasteiger partial charge on any atom is -0.490 e. The Kier molecular flexibility index (Phi) is 10.9. The Morgan fingerprint density at radius 2 is 1.54 bits per heavy atom. The molecule has 2 aromatic carbocycles. The molecule has 0 spiro atoms. The van der Waals surface area contributed by atoms with E-state index >= 15 is 0 Å². The molecule has 8 nitrogen and oxygen atoms in total. The summed E-state index contributed by atoms with van der Waals surface area (Å²) >= 11 is 0. The molecule has 0 unspecified atom stereocenters. The lowest BCUT2D eigenvalue weighted by molar-refractivity contribution is -0.385. The lowest BCUT2D eigenvalue weighted by Gasteiger charge is -2.33. The van der Waals surface area contributed by atoms with Crippen molar-refractivity contribution in [3.8, 4) is 11.5 Å². The zero-order chi connectivity index (χ0) is 27.6. The predicted octanol–water partition coefficient (Wildman–Crippen LogP) is 6.27. The summed E-state index contributed by atoms with van der Waals surface area (Å²) in [5.41, 5.74) is 1.34. The van der Waals surface area contributed by atoms with Crippen molar-refractivity contribution < 1.29 is 23.9 Å². The summed E-state index contributed by atoms with van der Waals surface area (Å²) in [6, 6.07) is 12.1. The second kappa shape index (κ2) is 13.4. The van der Waals surface area contributed by atoms with Gasteiger partial charge in [0.15, 0.2) is 5.75 Å². The number of hydrogen-bond acceptors (Lipinski definition) is 7. The van der Waals surface area contributed by atoms with Crippen LogP contribution in [0.25, 0.3) is 0 Å². The SMILES string of the molecule is CCN(CC)CCOC(=O)c1ccc(OCCOc2ccc(C(C)(C)CC(C)(C)C)cc2)c([N+](=O)[O-])c1. The number of carbonyl (C=O) groups is 1. The highest BCUT2D eigenvalue weighted by molar-refractivity contribution is 5.90. The summed E-state index contributed by atoms with van der Waals surface area (Å²) in [7, 11) is 0. The number of carbonyl (C=O) groups excluding carboxylic acids is 1. The topological polar surface area (TPSA) is 91.1 Å². The van der Waals surface area contributed by atoms with Gasteiger partial charge in [0.1, 0.15) is 25.6 Å². The monoisotopic (exact) mass is 514 g/mol. The zero-order valence-electron chi connectivity index (χ0n) is 23.3. The Balaban J connectivity index is 1.91. The van der Waals surface area contributed by atoms with Crippen molar-refractivity contribution in [1.82, 2.24) is 4.90 Å². The average Bonchev–Trinajstić information content (AvgIpc) is 2.83. The van der Waals surface area contributed by atoms with Crippen LogP contribution in [0.3, 0.4) is 0 Å². The number of nitro benzene ring substituents is 1. The first-order valence-corrected chi connectivity index (χ1v) is 12.9. The minimum atomic E-state index is -0.598. The zero-order valence-corrected chi connectivity index (χ0v) is 23.3. The lowest BCUT2D eigenvalue weighted by Crippen LogP contribution is -2.27. The number of nitro groups is 1. The van der Waals surface area contributed by atoms with Gasteiger partial charge in [-0.25, -0.2) is 4.79 Å². The summed E-state index contributed by atoms with van der Waals surface area (Å²) in [6.45, 7) is 18.2. The van der Waals surface area contributed by atoms with Gasteiger partial charge in [-0.3, -0.25) is 10.1 Å². The standard InChI is InChI=1S/C29H42N2O6/c1-8-30(9-2)16-17-37-27(32)22-10-15-26(25(20-22)31(33)34)36-19-18-35-24-13-11-23(12-14-24)29(6,7)21-28(3,4)5/h10-15,20H,8-9,16-19,21H2,1-7H3. The van der Waals surface area contributed by atoms with Crippen molar-refractivity contribution in [2.24, 2.45) is 5.41 Å². The number of likely N-dealkylation sites (N-methyl/N-ethyl adjacent to an activating group) is 1. The number of rotatable bonds is 14. The number of ether oxygens (including phenoxy) is 3. The third kappa shape index (κ3) is 9.69. The van der Waals surface area contributed by atoms with Gasteiger partial charge in [-0.2, -0.15) is 0 Å². The highest BCUT2D eigenvalue weighted by Gasteiger charge is 2.27. The van der Waals surface area contributed by atoms with Crippen molar-refractivity contribution in [3.63, 3.8) is 0 Å². The van der Waals surface area contributed by atoms with Crippen molar-refractivity contribution in [2.45, 2.75) is 60.3 Å². The Labute approximate surface area is 221 Å². The Bertz CT molecular complexity index is 1020. The van der Waals surface area contributed by atoms with Crippen LogP contribution >= 0.6 is 0 Å². The van der Waals surface area contributed by atoms with E-state index in [9.17, 15) is 14.9 Å². The van der Waals surface area contributed by atoms with Gasteiger partial charge in [-0.15, -0.1) is 0 Å². The molecule has 0 aliphatic rings. The van der Waals surface area contributed by atoms with Gasteiger partial charge in [-0.1, -0.05) is 60.6 Å². The van der Waals surface area contributed by atoms with Crippen molar-refractivity contribution in [2.75, 3.05) is 39.5 Å². The molecule has 0 saturated carbocycles. The molecule has 0 saturated heterocycles. The fourth-order valence-electron chi connectivity index (χ4n) is 4.54. The van der Waals surface area contributed by atoms with Crippen LogP contribution in [0.1, 0.15) is 70.8 Å². The molecule has 37 heavy (non-hydrogen) atoms. The Morgan fingerprint density at radius 1 is 0.919 bits per heavy atom. The number of esters is 1. The summed E-state index contributed by atoms with van der Waals surface area (Å²) in [6.07, 6.45) is 1.06. The molecule has 0 amide bonds. The molecule has 2 rings (SSSR count). The van der Waals surface area contributed by atoms with E-state index in [0.717, 1.165) is 19.5 Å². The fraction of sp³-hybridized carbons (Fsp3) is 0.552. The second-order valence-electron chi connectivity index (χ2n) is 10.9. The van der Waals surface area contributed by atoms with E-state index in [-0.39, 0.29) is 47.7 Å². The number of hydrogen-bond donors (Lipinski definition) is 0. The van der Waals surface area contributed by atoms with Gasteiger partial charge >= 0.3 is 11.7 Å². The summed E-state index contributed by atoms with van der Waals surface area (Å²) in [5, 5.41) is 11.6. The van der Waals surface area contributed by atoms with Crippen molar-refractivity contribution in [3.05, 3.63) is 63.7 Å². The maximum Gasteiger partial charge on any atom is 0.338 e. The second-order valence-corrected chi connectivity index (χ2v) is 10.9. The maximum atomic E-state index is 12.3. The van der Waals surface area contributed by atoms with Crippen LogP contribution in [-0.4, -0.2) is 55.2 Å². The van der Waals surface area contributed by atoms with E-state index in [1.165, 1.54) is 23.8 Å². The van der Waals surface area contributed by atoms with Gasteiger partial charge in [0.05, 0.1) is 10.5 Å². The smallest absolute Gasteiger partial charge is 0.338 e. The molecule has 0 aliphatic carbocycles. The van der Waals surface area contributed by atoms with Gasteiger partial charge in [-0.05, 0) is 60.2 Å². The molecule has 0 aromatic heterocycles. The van der Waals surface area contributed by atoms with E-state index in [1.54, 1.807) is 0 Å². The summed E-state index contributed by atoms with van der Waals surface area (Å²) in [4.78, 5) is 25.5. The summed E-state index contributed by atoms with van der Waals surface area (Å²) < 4.78 is 16.6. The average molecular weight is 515 g/mol. The van der Waals surface area contributed by atoms with Gasteiger partial charge in [0.2, 0.25) is 0 Å². The summed E-state index contributed by atoms with van der Waals surface area (Å²) in [5.74, 6) is 0.183. The molecule has 0 aliphatic heterocycles. The van der Waals surface area contributed by atoms with E-state index in [1.807, 2.05) is 26.0 Å². The van der Waals surface area contributed by atoms with Crippen LogP contribution in [0.5, 0.6) is 11.5 Å². The number of benzene rings is 2. The molecule has 2 aromatic rings. The highest BCUT2D eigenvalue weighted by Crippen LogP contribution is 2.36.